The van der Waals surface area contributed by atoms with Crippen molar-refractivity contribution in [1.29, 1.82) is 0 Å². The SMILES string of the molecule is CCCC/C=C\CCCCCCCC(=O)OC[C@@H](COC(=O)CCCCCCCCC/C=C\CCCCCC)OC(=O)CCCCCCCCCCC/C=C\CCCCCCCC. The smallest absolute Gasteiger partial charge is 0.306 e. The van der Waals surface area contributed by atoms with Crippen LogP contribution in [-0.2, 0) is 28.6 Å². The fourth-order valence-electron chi connectivity index (χ4n) is 7.88. The van der Waals surface area contributed by atoms with Crippen molar-refractivity contribution >= 4 is 17.9 Å². The molecule has 0 heterocycles. The molecule has 0 N–H and O–H groups in total. The van der Waals surface area contributed by atoms with Crippen molar-refractivity contribution in [3.63, 3.8) is 0 Å². The molecule has 0 amide bonds. The molecule has 0 unspecified atom stereocenters. The fourth-order valence-corrected chi connectivity index (χ4v) is 7.88. The molecule has 0 aromatic carbocycles. The lowest BCUT2D eigenvalue weighted by molar-refractivity contribution is -0.167. The van der Waals surface area contributed by atoms with Crippen LogP contribution in [0.3, 0.4) is 0 Å². The summed E-state index contributed by atoms with van der Waals surface area (Å²) in [6.45, 7) is 6.60. The first kappa shape index (κ1) is 60.6. The number of carbonyl (C=O) groups is 3. The summed E-state index contributed by atoms with van der Waals surface area (Å²) in [5, 5.41) is 0. The lowest BCUT2D eigenvalue weighted by Crippen LogP contribution is -2.30. The van der Waals surface area contributed by atoms with Gasteiger partial charge in [-0.05, 0) is 89.9 Å². The lowest BCUT2D eigenvalue weighted by atomic mass is 10.1. The summed E-state index contributed by atoms with van der Waals surface area (Å²) < 4.78 is 16.8. The molecule has 0 aromatic rings. The van der Waals surface area contributed by atoms with Crippen LogP contribution in [-0.4, -0.2) is 37.2 Å². The maximum Gasteiger partial charge on any atom is 0.306 e. The van der Waals surface area contributed by atoms with Crippen LogP contribution in [0.5, 0.6) is 0 Å². The summed E-state index contributed by atoms with van der Waals surface area (Å²) in [6, 6.07) is 0. The van der Waals surface area contributed by atoms with Crippen LogP contribution in [0.15, 0.2) is 36.5 Å². The largest absolute Gasteiger partial charge is 0.462 e. The standard InChI is InChI=1S/C57H104O6/c1-4-7-10-13-16-19-22-24-26-27-28-29-31-33-36-39-42-45-48-51-57(60)63-54(52-61-55(58)49-46-43-40-37-34-21-18-15-12-9-6-3)53-62-56(59)50-47-44-41-38-35-32-30-25-23-20-17-14-11-8-5-2/h15,18,20,23-24,26,54H,4-14,16-17,19,21-22,25,27-53H2,1-3H3/b18-15-,23-20-,26-24-/t54-/m0/s1. The van der Waals surface area contributed by atoms with E-state index < -0.39 is 6.10 Å². The Hall–Kier alpha value is -2.37. The highest BCUT2D eigenvalue weighted by Crippen LogP contribution is 2.15. The van der Waals surface area contributed by atoms with E-state index in [0.717, 1.165) is 64.2 Å². The summed E-state index contributed by atoms with van der Waals surface area (Å²) >= 11 is 0. The summed E-state index contributed by atoms with van der Waals surface area (Å²) in [6.07, 6.45) is 61.3. The minimum atomic E-state index is -0.775. The van der Waals surface area contributed by atoms with E-state index in [4.69, 9.17) is 14.2 Å². The normalized spacial score (nSPS) is 12.2. The Kier molecular flexibility index (Phi) is 50.3. The van der Waals surface area contributed by atoms with Gasteiger partial charge in [-0.25, -0.2) is 0 Å². The topological polar surface area (TPSA) is 78.9 Å². The van der Waals surface area contributed by atoms with Gasteiger partial charge in [0.2, 0.25) is 0 Å². The van der Waals surface area contributed by atoms with Crippen molar-refractivity contribution in [3.8, 4) is 0 Å². The Labute approximate surface area is 391 Å². The molecule has 1 atom stereocenters. The van der Waals surface area contributed by atoms with Crippen molar-refractivity contribution in [2.75, 3.05) is 13.2 Å². The highest BCUT2D eigenvalue weighted by atomic mass is 16.6. The number of esters is 3. The average Bonchev–Trinajstić information content (AvgIpc) is 3.28. The molecular formula is C57H104O6. The third-order valence-corrected chi connectivity index (χ3v) is 12.1. The highest BCUT2D eigenvalue weighted by Gasteiger charge is 2.19. The zero-order valence-electron chi connectivity index (χ0n) is 42.1. The molecular weight excluding hydrogens is 781 g/mol. The number of carbonyl (C=O) groups excluding carboxylic acids is 3. The van der Waals surface area contributed by atoms with E-state index in [2.05, 4.69) is 57.2 Å². The summed E-state index contributed by atoms with van der Waals surface area (Å²) in [7, 11) is 0. The average molecular weight is 885 g/mol. The molecule has 0 radical (unpaired) electrons. The van der Waals surface area contributed by atoms with Crippen LogP contribution in [0.25, 0.3) is 0 Å². The number of ether oxygens (including phenoxy) is 3. The van der Waals surface area contributed by atoms with E-state index >= 15 is 0 Å². The first-order valence-electron chi connectivity index (χ1n) is 27.5. The fraction of sp³-hybridized carbons (Fsp3) is 0.842. The van der Waals surface area contributed by atoms with Crippen molar-refractivity contribution in [1.82, 2.24) is 0 Å². The number of allylic oxidation sites excluding steroid dienone is 6. The zero-order valence-corrected chi connectivity index (χ0v) is 42.1. The predicted molar refractivity (Wildman–Crippen MR) is 270 cm³/mol. The predicted octanol–water partition coefficient (Wildman–Crippen LogP) is 18.1. The molecule has 0 rings (SSSR count). The molecule has 0 saturated carbocycles. The number of hydrogen-bond acceptors (Lipinski definition) is 6. The highest BCUT2D eigenvalue weighted by molar-refractivity contribution is 5.71. The Morgan fingerprint density at radius 1 is 0.302 bits per heavy atom. The zero-order chi connectivity index (χ0) is 45.8. The molecule has 0 aromatic heterocycles. The molecule has 6 heteroatoms. The van der Waals surface area contributed by atoms with E-state index in [1.54, 1.807) is 0 Å². The van der Waals surface area contributed by atoms with E-state index in [9.17, 15) is 14.4 Å². The van der Waals surface area contributed by atoms with Gasteiger partial charge in [0, 0.05) is 19.3 Å². The molecule has 0 aliphatic heterocycles. The van der Waals surface area contributed by atoms with Gasteiger partial charge in [-0.15, -0.1) is 0 Å². The monoisotopic (exact) mass is 885 g/mol. The van der Waals surface area contributed by atoms with Gasteiger partial charge >= 0.3 is 17.9 Å². The molecule has 0 bridgehead atoms. The summed E-state index contributed by atoms with van der Waals surface area (Å²) in [5.74, 6) is -0.881. The van der Waals surface area contributed by atoms with Gasteiger partial charge in [0.25, 0.3) is 0 Å². The van der Waals surface area contributed by atoms with E-state index in [1.165, 1.54) is 186 Å². The second-order valence-electron chi connectivity index (χ2n) is 18.5. The Morgan fingerprint density at radius 3 is 0.857 bits per heavy atom. The van der Waals surface area contributed by atoms with E-state index in [0.29, 0.717) is 19.3 Å². The first-order chi connectivity index (χ1) is 31.0. The summed E-state index contributed by atoms with van der Waals surface area (Å²) in [5.41, 5.74) is 0. The minimum Gasteiger partial charge on any atom is -0.462 e. The van der Waals surface area contributed by atoms with Crippen molar-refractivity contribution in [2.45, 2.75) is 297 Å². The molecule has 6 nitrogen and oxygen atoms in total. The molecule has 0 saturated heterocycles. The van der Waals surface area contributed by atoms with Crippen LogP contribution in [0.4, 0.5) is 0 Å². The van der Waals surface area contributed by atoms with Crippen LogP contribution in [0, 0.1) is 0 Å². The molecule has 0 spiro atoms. The Morgan fingerprint density at radius 2 is 0.540 bits per heavy atom. The Balaban J connectivity index is 4.32. The number of rotatable bonds is 50. The van der Waals surface area contributed by atoms with E-state index in [1.807, 2.05) is 0 Å². The minimum absolute atomic E-state index is 0.0760. The molecule has 0 fully saturated rings. The van der Waals surface area contributed by atoms with Crippen LogP contribution >= 0.6 is 0 Å². The maximum atomic E-state index is 12.8. The van der Waals surface area contributed by atoms with Crippen molar-refractivity contribution < 1.29 is 28.6 Å². The van der Waals surface area contributed by atoms with Crippen molar-refractivity contribution in [3.05, 3.63) is 36.5 Å². The lowest BCUT2D eigenvalue weighted by Gasteiger charge is -2.18. The Bertz CT molecular complexity index is 1060. The second-order valence-corrected chi connectivity index (χ2v) is 18.5. The van der Waals surface area contributed by atoms with E-state index in [-0.39, 0.29) is 31.1 Å². The van der Waals surface area contributed by atoms with Crippen molar-refractivity contribution in [2.24, 2.45) is 0 Å². The van der Waals surface area contributed by atoms with Gasteiger partial charge in [0.1, 0.15) is 13.2 Å². The van der Waals surface area contributed by atoms with Crippen LogP contribution < -0.4 is 0 Å². The molecule has 0 aliphatic carbocycles. The van der Waals surface area contributed by atoms with Crippen LogP contribution in [0.1, 0.15) is 290 Å². The third kappa shape index (κ3) is 50.5. The van der Waals surface area contributed by atoms with Gasteiger partial charge in [0.15, 0.2) is 6.10 Å². The van der Waals surface area contributed by atoms with Gasteiger partial charge in [-0.1, -0.05) is 218 Å². The van der Waals surface area contributed by atoms with Gasteiger partial charge in [-0.3, -0.25) is 14.4 Å². The van der Waals surface area contributed by atoms with Gasteiger partial charge < -0.3 is 14.2 Å². The second kappa shape index (κ2) is 52.3. The molecule has 368 valence electrons. The number of unbranched alkanes of at least 4 members (excludes halogenated alkanes) is 33. The number of hydrogen-bond donors (Lipinski definition) is 0. The quantitative estimate of drug-likeness (QED) is 0.0262. The third-order valence-electron chi connectivity index (χ3n) is 12.1. The van der Waals surface area contributed by atoms with Crippen LogP contribution in [0.2, 0.25) is 0 Å². The van der Waals surface area contributed by atoms with Gasteiger partial charge in [0.05, 0.1) is 0 Å². The molecule has 0 aliphatic rings. The van der Waals surface area contributed by atoms with Gasteiger partial charge in [-0.2, -0.15) is 0 Å². The maximum absolute atomic E-state index is 12.8. The molecule has 63 heavy (non-hydrogen) atoms. The first-order valence-corrected chi connectivity index (χ1v) is 27.5. The summed E-state index contributed by atoms with van der Waals surface area (Å²) in [4.78, 5) is 38.0.